The Bertz CT molecular complexity index is 800. The maximum absolute atomic E-state index is 11.9. The highest BCUT2D eigenvalue weighted by atomic mass is 16.5. The van der Waals surface area contributed by atoms with E-state index in [4.69, 9.17) is 9.47 Å². The number of hydrazone groups is 1. The van der Waals surface area contributed by atoms with Gasteiger partial charge in [-0.2, -0.15) is 5.10 Å². The van der Waals surface area contributed by atoms with Gasteiger partial charge in [0.1, 0.15) is 5.75 Å². The lowest BCUT2D eigenvalue weighted by molar-refractivity contribution is -0.123. The van der Waals surface area contributed by atoms with E-state index < -0.39 is 0 Å². The number of rotatable bonds is 7. The van der Waals surface area contributed by atoms with Gasteiger partial charge >= 0.3 is 0 Å². The number of hydrogen-bond donors (Lipinski definition) is 2. The second-order valence-electron chi connectivity index (χ2n) is 6.18. The number of benzene rings is 2. The van der Waals surface area contributed by atoms with Crippen LogP contribution in [-0.4, -0.2) is 30.9 Å². The fourth-order valence-corrected chi connectivity index (χ4v) is 2.40. The predicted molar refractivity (Wildman–Crippen MR) is 101 cm³/mol. The van der Waals surface area contributed by atoms with Crippen molar-refractivity contribution in [2.45, 2.75) is 26.7 Å². The van der Waals surface area contributed by atoms with Gasteiger partial charge in [-0.15, -0.1) is 0 Å². The Hall–Kier alpha value is -3.02. The SMILES string of the molecule is COc1cccc(/C=N/NC(=O)COc2cc(C)ccc2C(C)C)c1O. The molecule has 0 spiro atoms. The minimum absolute atomic E-state index is 0.0365. The molecule has 1 amide bonds. The summed E-state index contributed by atoms with van der Waals surface area (Å²) in [6.07, 6.45) is 1.35. The summed E-state index contributed by atoms with van der Waals surface area (Å²) in [4.78, 5) is 11.9. The van der Waals surface area contributed by atoms with E-state index in [1.54, 1.807) is 18.2 Å². The van der Waals surface area contributed by atoms with E-state index in [1.165, 1.54) is 13.3 Å². The lowest BCUT2D eigenvalue weighted by atomic mass is 10.0. The molecule has 0 saturated heterocycles. The van der Waals surface area contributed by atoms with E-state index in [1.807, 2.05) is 25.1 Å². The molecule has 138 valence electrons. The Morgan fingerprint density at radius 1 is 1.27 bits per heavy atom. The second-order valence-corrected chi connectivity index (χ2v) is 6.18. The third-order valence-corrected chi connectivity index (χ3v) is 3.79. The number of carbonyl (C=O) groups is 1. The van der Waals surface area contributed by atoms with Crippen LogP contribution in [0.15, 0.2) is 41.5 Å². The van der Waals surface area contributed by atoms with Crippen LogP contribution in [0.5, 0.6) is 17.2 Å². The Balaban J connectivity index is 1.95. The summed E-state index contributed by atoms with van der Waals surface area (Å²) < 4.78 is 10.7. The molecule has 2 aromatic rings. The molecule has 2 aromatic carbocycles. The number of para-hydroxylation sites is 1. The molecule has 6 nitrogen and oxygen atoms in total. The Morgan fingerprint density at radius 3 is 2.73 bits per heavy atom. The number of phenols is 1. The second kappa shape index (κ2) is 8.89. The molecule has 0 aliphatic rings. The van der Waals surface area contributed by atoms with Gasteiger partial charge < -0.3 is 14.6 Å². The third kappa shape index (κ3) is 4.99. The highest BCUT2D eigenvalue weighted by molar-refractivity contribution is 5.86. The van der Waals surface area contributed by atoms with Crippen molar-refractivity contribution >= 4 is 12.1 Å². The summed E-state index contributed by atoms with van der Waals surface area (Å²) in [5.41, 5.74) is 4.93. The van der Waals surface area contributed by atoms with Gasteiger partial charge in [0.2, 0.25) is 0 Å². The summed E-state index contributed by atoms with van der Waals surface area (Å²) in [5, 5.41) is 13.8. The van der Waals surface area contributed by atoms with Crippen molar-refractivity contribution < 1.29 is 19.4 Å². The van der Waals surface area contributed by atoms with Crippen molar-refractivity contribution in [1.29, 1.82) is 0 Å². The molecule has 2 N–H and O–H groups in total. The number of hydrogen-bond acceptors (Lipinski definition) is 5. The quantitative estimate of drug-likeness (QED) is 0.589. The van der Waals surface area contributed by atoms with Crippen LogP contribution < -0.4 is 14.9 Å². The summed E-state index contributed by atoms with van der Waals surface area (Å²) in [6, 6.07) is 11.0. The molecule has 0 atom stereocenters. The molecule has 0 saturated carbocycles. The minimum atomic E-state index is -0.389. The molecule has 2 rings (SSSR count). The van der Waals surface area contributed by atoms with Gasteiger partial charge in [0, 0.05) is 5.56 Å². The summed E-state index contributed by atoms with van der Waals surface area (Å²) in [5.74, 6) is 0.905. The number of nitrogens with zero attached hydrogens (tertiary/aromatic N) is 1. The number of aromatic hydroxyl groups is 1. The van der Waals surface area contributed by atoms with E-state index in [0.29, 0.717) is 23.0 Å². The minimum Gasteiger partial charge on any atom is -0.504 e. The maximum Gasteiger partial charge on any atom is 0.277 e. The monoisotopic (exact) mass is 356 g/mol. The van der Waals surface area contributed by atoms with Gasteiger partial charge in [-0.05, 0) is 42.2 Å². The van der Waals surface area contributed by atoms with Crippen LogP contribution in [0.1, 0.15) is 36.5 Å². The van der Waals surface area contributed by atoms with Crippen LogP contribution in [0, 0.1) is 6.92 Å². The molecule has 0 aliphatic carbocycles. The van der Waals surface area contributed by atoms with Gasteiger partial charge in [-0.3, -0.25) is 4.79 Å². The fraction of sp³-hybridized carbons (Fsp3) is 0.300. The van der Waals surface area contributed by atoms with Crippen molar-refractivity contribution in [2.75, 3.05) is 13.7 Å². The lowest BCUT2D eigenvalue weighted by Crippen LogP contribution is -2.25. The summed E-state index contributed by atoms with van der Waals surface area (Å²) in [6.45, 7) is 5.97. The number of aryl methyl sites for hydroxylation is 1. The van der Waals surface area contributed by atoms with E-state index >= 15 is 0 Å². The largest absolute Gasteiger partial charge is 0.504 e. The Labute approximate surface area is 153 Å². The number of phenolic OH excluding ortho intramolecular Hbond substituents is 1. The zero-order chi connectivity index (χ0) is 19.1. The van der Waals surface area contributed by atoms with Crippen molar-refractivity contribution in [3.8, 4) is 17.2 Å². The molecule has 0 fully saturated rings. The average Bonchev–Trinajstić information content (AvgIpc) is 2.61. The van der Waals surface area contributed by atoms with E-state index in [-0.39, 0.29) is 18.3 Å². The number of amides is 1. The molecule has 0 radical (unpaired) electrons. The van der Waals surface area contributed by atoms with Crippen LogP contribution in [0.3, 0.4) is 0 Å². The van der Waals surface area contributed by atoms with Gasteiger partial charge in [-0.1, -0.05) is 32.0 Å². The zero-order valence-electron chi connectivity index (χ0n) is 15.4. The zero-order valence-corrected chi connectivity index (χ0v) is 15.4. The van der Waals surface area contributed by atoms with Crippen LogP contribution in [0.25, 0.3) is 0 Å². The molecule has 6 heteroatoms. The molecule has 0 aliphatic heterocycles. The van der Waals surface area contributed by atoms with Crippen LogP contribution >= 0.6 is 0 Å². The van der Waals surface area contributed by atoms with E-state index in [9.17, 15) is 9.90 Å². The molecule has 26 heavy (non-hydrogen) atoms. The average molecular weight is 356 g/mol. The summed E-state index contributed by atoms with van der Waals surface area (Å²) >= 11 is 0. The first-order chi connectivity index (χ1) is 12.4. The Morgan fingerprint density at radius 2 is 2.04 bits per heavy atom. The first-order valence-corrected chi connectivity index (χ1v) is 8.33. The molecule has 0 unspecified atom stereocenters. The molecule has 0 heterocycles. The lowest BCUT2D eigenvalue weighted by Gasteiger charge is -2.14. The topological polar surface area (TPSA) is 80.2 Å². The van der Waals surface area contributed by atoms with Crippen LogP contribution in [-0.2, 0) is 4.79 Å². The van der Waals surface area contributed by atoms with Crippen molar-refractivity contribution in [3.05, 3.63) is 53.1 Å². The normalized spacial score (nSPS) is 11.0. The Kier molecular flexibility index (Phi) is 6.60. The standard InChI is InChI=1S/C20H24N2O4/c1-13(2)16-9-8-14(3)10-18(16)26-12-19(23)22-21-11-15-6-5-7-17(25-4)20(15)24/h5-11,13,24H,12H2,1-4H3,(H,22,23)/b21-11+. The van der Waals surface area contributed by atoms with Crippen LogP contribution in [0.2, 0.25) is 0 Å². The van der Waals surface area contributed by atoms with Crippen molar-refractivity contribution in [1.82, 2.24) is 5.43 Å². The van der Waals surface area contributed by atoms with Gasteiger partial charge in [0.25, 0.3) is 5.91 Å². The number of methoxy groups -OCH3 is 1. The first kappa shape index (κ1) is 19.3. The number of nitrogens with one attached hydrogen (secondary N) is 1. The van der Waals surface area contributed by atoms with Gasteiger partial charge in [0.15, 0.2) is 18.1 Å². The smallest absolute Gasteiger partial charge is 0.277 e. The molecular formula is C20H24N2O4. The van der Waals surface area contributed by atoms with Gasteiger partial charge in [0.05, 0.1) is 13.3 Å². The molecule has 0 aromatic heterocycles. The van der Waals surface area contributed by atoms with Gasteiger partial charge in [-0.25, -0.2) is 5.43 Å². The van der Waals surface area contributed by atoms with E-state index in [2.05, 4.69) is 24.4 Å². The van der Waals surface area contributed by atoms with E-state index in [0.717, 1.165) is 11.1 Å². The highest BCUT2D eigenvalue weighted by Crippen LogP contribution is 2.28. The molecule has 0 bridgehead atoms. The molecular weight excluding hydrogens is 332 g/mol. The van der Waals surface area contributed by atoms with Crippen molar-refractivity contribution in [3.63, 3.8) is 0 Å². The highest BCUT2D eigenvalue weighted by Gasteiger charge is 2.10. The first-order valence-electron chi connectivity index (χ1n) is 8.33. The third-order valence-electron chi connectivity index (χ3n) is 3.79. The number of ether oxygens (including phenoxy) is 2. The van der Waals surface area contributed by atoms with Crippen LogP contribution in [0.4, 0.5) is 0 Å². The van der Waals surface area contributed by atoms with Crippen molar-refractivity contribution in [2.24, 2.45) is 5.10 Å². The maximum atomic E-state index is 11.9. The predicted octanol–water partition coefficient (Wildman–Crippen LogP) is 3.36. The number of carbonyl (C=O) groups excluding carboxylic acids is 1. The fourth-order valence-electron chi connectivity index (χ4n) is 2.40. The summed E-state index contributed by atoms with van der Waals surface area (Å²) in [7, 11) is 1.46.